The van der Waals surface area contributed by atoms with Gasteiger partial charge < -0.3 is 10.1 Å². The molecule has 0 aromatic heterocycles. The second-order valence-electron chi connectivity index (χ2n) is 2.80. The quantitative estimate of drug-likeness (QED) is 0.582. The molecule has 1 heterocycles. The van der Waals surface area contributed by atoms with Gasteiger partial charge in [-0.1, -0.05) is 0 Å². The normalized spacial score (nSPS) is 22.9. The lowest BCUT2D eigenvalue weighted by atomic mass is 10.0. The smallest absolute Gasteiger partial charge is 0.321 e. The van der Waals surface area contributed by atoms with Gasteiger partial charge in [0.1, 0.15) is 5.78 Å². The van der Waals surface area contributed by atoms with Crippen molar-refractivity contribution in [1.82, 2.24) is 10.6 Å². The first-order valence-electron chi connectivity index (χ1n) is 3.67. The van der Waals surface area contributed by atoms with E-state index in [0.29, 0.717) is 0 Å². The number of urea groups is 1. The van der Waals surface area contributed by atoms with Crippen LogP contribution in [0.5, 0.6) is 0 Å². The predicted molar refractivity (Wildman–Crippen MR) is 40.3 cm³/mol. The summed E-state index contributed by atoms with van der Waals surface area (Å²) in [7, 11) is 0. The molecule has 0 bridgehead atoms. The summed E-state index contributed by atoms with van der Waals surface area (Å²) in [4.78, 5) is 32.2. The molecule has 0 spiro atoms. The molecule has 0 saturated carbocycles. The minimum absolute atomic E-state index is 0.0497. The summed E-state index contributed by atoms with van der Waals surface area (Å²) < 4.78 is 0. The number of Topliss-reactive ketones (excluding diaryl/α,β-unsaturated/α-hetero) is 1. The van der Waals surface area contributed by atoms with E-state index in [1.54, 1.807) is 0 Å². The molecule has 1 atom stereocenters. The highest BCUT2D eigenvalue weighted by Crippen LogP contribution is 2.05. The molecule has 5 nitrogen and oxygen atoms in total. The molecule has 1 saturated heterocycles. The SMILES string of the molecule is CC(=O)CC1CNC(=O)NC1=O. The number of rotatable bonds is 2. The van der Waals surface area contributed by atoms with Crippen LogP contribution in [0.1, 0.15) is 13.3 Å². The third-order valence-corrected chi connectivity index (χ3v) is 1.65. The van der Waals surface area contributed by atoms with Gasteiger partial charge in [-0.3, -0.25) is 10.1 Å². The fourth-order valence-corrected chi connectivity index (χ4v) is 1.08. The largest absolute Gasteiger partial charge is 0.337 e. The van der Waals surface area contributed by atoms with Crippen LogP contribution in [0.25, 0.3) is 0 Å². The van der Waals surface area contributed by atoms with Crippen molar-refractivity contribution in [3.05, 3.63) is 0 Å². The second kappa shape index (κ2) is 3.34. The molecule has 0 aromatic carbocycles. The lowest BCUT2D eigenvalue weighted by Gasteiger charge is -2.20. The number of carbonyl (C=O) groups excluding carboxylic acids is 3. The number of carbonyl (C=O) groups is 3. The van der Waals surface area contributed by atoms with Gasteiger partial charge in [0.25, 0.3) is 0 Å². The van der Waals surface area contributed by atoms with Gasteiger partial charge in [0.05, 0.1) is 5.92 Å². The zero-order chi connectivity index (χ0) is 9.14. The lowest BCUT2D eigenvalue weighted by Crippen LogP contribution is -2.52. The number of ketones is 1. The maximum Gasteiger partial charge on any atom is 0.321 e. The monoisotopic (exact) mass is 170 g/mol. The minimum atomic E-state index is -0.486. The number of nitrogens with one attached hydrogen (secondary N) is 2. The van der Waals surface area contributed by atoms with E-state index in [9.17, 15) is 14.4 Å². The maximum absolute atomic E-state index is 11.0. The molecular weight excluding hydrogens is 160 g/mol. The van der Waals surface area contributed by atoms with Crippen LogP contribution in [-0.4, -0.2) is 24.3 Å². The first-order valence-corrected chi connectivity index (χ1v) is 3.67. The lowest BCUT2D eigenvalue weighted by molar-refractivity contribution is -0.128. The van der Waals surface area contributed by atoms with E-state index < -0.39 is 11.9 Å². The first kappa shape index (κ1) is 8.70. The highest BCUT2D eigenvalue weighted by atomic mass is 16.2. The van der Waals surface area contributed by atoms with Crippen LogP contribution in [0.15, 0.2) is 0 Å². The van der Waals surface area contributed by atoms with Crippen molar-refractivity contribution in [2.75, 3.05) is 6.54 Å². The van der Waals surface area contributed by atoms with Crippen LogP contribution in [0.4, 0.5) is 4.79 Å². The van der Waals surface area contributed by atoms with Crippen molar-refractivity contribution in [3.63, 3.8) is 0 Å². The van der Waals surface area contributed by atoms with E-state index in [1.165, 1.54) is 6.92 Å². The van der Waals surface area contributed by atoms with E-state index >= 15 is 0 Å². The summed E-state index contributed by atoms with van der Waals surface area (Å²) in [5.41, 5.74) is 0. The molecule has 0 aliphatic carbocycles. The Balaban J connectivity index is 2.51. The first-order chi connectivity index (χ1) is 5.59. The fourth-order valence-electron chi connectivity index (χ4n) is 1.08. The topological polar surface area (TPSA) is 75.3 Å². The van der Waals surface area contributed by atoms with E-state index in [-0.39, 0.29) is 24.7 Å². The number of hydrogen-bond donors (Lipinski definition) is 2. The molecular formula is C7H10N2O3. The van der Waals surface area contributed by atoms with Gasteiger partial charge in [-0.2, -0.15) is 0 Å². The number of amides is 3. The molecule has 5 heteroatoms. The zero-order valence-corrected chi connectivity index (χ0v) is 6.72. The van der Waals surface area contributed by atoms with Crippen molar-refractivity contribution in [3.8, 4) is 0 Å². The molecule has 1 aliphatic heterocycles. The Bertz CT molecular complexity index is 237. The Labute approximate surface area is 69.5 Å². The van der Waals surface area contributed by atoms with Crippen molar-refractivity contribution in [2.24, 2.45) is 5.92 Å². The summed E-state index contributed by atoms with van der Waals surface area (Å²) >= 11 is 0. The van der Waals surface area contributed by atoms with E-state index in [4.69, 9.17) is 0 Å². The van der Waals surface area contributed by atoms with Crippen molar-refractivity contribution in [1.29, 1.82) is 0 Å². The standard InChI is InChI=1S/C7H10N2O3/c1-4(10)2-5-3-8-7(12)9-6(5)11/h5H,2-3H2,1H3,(H2,8,9,11,12). The van der Waals surface area contributed by atoms with Crippen LogP contribution < -0.4 is 10.6 Å². The Hall–Kier alpha value is -1.39. The molecule has 1 rings (SSSR count). The van der Waals surface area contributed by atoms with Gasteiger partial charge in [-0.15, -0.1) is 0 Å². The average molecular weight is 170 g/mol. The van der Waals surface area contributed by atoms with Crippen LogP contribution in [0, 0.1) is 5.92 Å². The number of imide groups is 1. The highest BCUT2D eigenvalue weighted by Gasteiger charge is 2.26. The summed E-state index contributed by atoms with van der Waals surface area (Å²) in [5, 5.41) is 4.54. The Morgan fingerprint density at radius 2 is 2.25 bits per heavy atom. The summed E-state index contributed by atoms with van der Waals surface area (Å²) in [5.74, 6) is -0.819. The second-order valence-corrected chi connectivity index (χ2v) is 2.80. The Kier molecular flexibility index (Phi) is 2.42. The molecule has 1 fully saturated rings. The molecule has 3 amide bonds. The van der Waals surface area contributed by atoms with E-state index in [2.05, 4.69) is 10.6 Å². The average Bonchev–Trinajstić information content (AvgIpc) is 1.94. The highest BCUT2D eigenvalue weighted by molar-refractivity contribution is 5.99. The van der Waals surface area contributed by atoms with Gasteiger partial charge in [-0.25, -0.2) is 4.79 Å². The van der Waals surface area contributed by atoms with Crippen molar-refractivity contribution < 1.29 is 14.4 Å². The third-order valence-electron chi connectivity index (χ3n) is 1.65. The number of hydrogen-bond acceptors (Lipinski definition) is 3. The maximum atomic E-state index is 11.0. The van der Waals surface area contributed by atoms with Gasteiger partial charge in [0.2, 0.25) is 5.91 Å². The van der Waals surface area contributed by atoms with Crippen molar-refractivity contribution in [2.45, 2.75) is 13.3 Å². The fraction of sp³-hybridized carbons (Fsp3) is 0.571. The molecule has 2 N–H and O–H groups in total. The Morgan fingerprint density at radius 1 is 1.58 bits per heavy atom. The van der Waals surface area contributed by atoms with Gasteiger partial charge in [-0.05, 0) is 6.92 Å². The molecule has 1 unspecified atom stereocenters. The summed E-state index contributed by atoms with van der Waals surface area (Å²) in [6, 6.07) is -0.486. The molecule has 66 valence electrons. The van der Waals surface area contributed by atoms with Crippen LogP contribution >= 0.6 is 0 Å². The van der Waals surface area contributed by atoms with E-state index in [1.807, 2.05) is 0 Å². The minimum Gasteiger partial charge on any atom is -0.337 e. The summed E-state index contributed by atoms with van der Waals surface area (Å²) in [6.45, 7) is 1.67. The Morgan fingerprint density at radius 3 is 2.75 bits per heavy atom. The van der Waals surface area contributed by atoms with E-state index in [0.717, 1.165) is 0 Å². The van der Waals surface area contributed by atoms with Crippen LogP contribution in [0.2, 0.25) is 0 Å². The van der Waals surface area contributed by atoms with Crippen LogP contribution in [0.3, 0.4) is 0 Å². The van der Waals surface area contributed by atoms with Gasteiger partial charge in [0, 0.05) is 13.0 Å². The molecule has 0 radical (unpaired) electrons. The van der Waals surface area contributed by atoms with Crippen LogP contribution in [-0.2, 0) is 9.59 Å². The third kappa shape index (κ3) is 2.05. The molecule has 1 aliphatic rings. The molecule has 12 heavy (non-hydrogen) atoms. The summed E-state index contributed by atoms with van der Waals surface area (Å²) in [6.07, 6.45) is 0.187. The van der Waals surface area contributed by atoms with Crippen molar-refractivity contribution >= 4 is 17.7 Å². The predicted octanol–water partition coefficient (Wildman–Crippen LogP) is -0.579. The molecule has 0 aromatic rings. The van der Waals surface area contributed by atoms with Gasteiger partial charge >= 0.3 is 6.03 Å². The van der Waals surface area contributed by atoms with Gasteiger partial charge in [0.15, 0.2) is 0 Å². The zero-order valence-electron chi connectivity index (χ0n) is 6.72.